The molecule has 0 unspecified atom stereocenters. The van der Waals surface area contributed by atoms with Crippen LogP contribution in [0.4, 0.5) is 17.1 Å². The molecule has 192 valence electrons. The number of rotatable bonds is 3. The standard InChI is InChI=1S/C23H16N2O2S.C8H6BrNO/c26-22-12-19-10-16(4-6-21(19)25-22)14-1-2-17-11-20(5-3-15(17)9-14)24-23(27)18-7-8-28-13-18;9-6-1-2-7-5(3-6)4-8(11)10-7/h1-11,13H,12H2,(H,24,27)(H,25,26);1-3H,4H2,(H,10,11). The molecular weight excluding hydrogens is 574 g/mol. The van der Waals surface area contributed by atoms with Crippen molar-refractivity contribution in [1.82, 2.24) is 0 Å². The molecule has 4 aromatic carbocycles. The minimum absolute atomic E-state index is 0.0442. The zero-order valence-electron chi connectivity index (χ0n) is 20.6. The second-order valence-corrected chi connectivity index (χ2v) is 11.1. The lowest BCUT2D eigenvalue weighted by atomic mass is 9.98. The van der Waals surface area contributed by atoms with Crippen molar-refractivity contribution in [2.24, 2.45) is 0 Å². The molecule has 6 nitrogen and oxygen atoms in total. The third-order valence-electron chi connectivity index (χ3n) is 6.64. The number of carbonyl (C=O) groups excluding carboxylic acids is 3. The summed E-state index contributed by atoms with van der Waals surface area (Å²) in [7, 11) is 0. The normalized spacial score (nSPS) is 13.2. The lowest BCUT2D eigenvalue weighted by Crippen LogP contribution is -2.10. The molecule has 0 saturated carbocycles. The van der Waals surface area contributed by atoms with Crippen molar-refractivity contribution >= 4 is 72.8 Å². The van der Waals surface area contributed by atoms with Gasteiger partial charge in [-0.15, -0.1) is 0 Å². The molecule has 0 atom stereocenters. The van der Waals surface area contributed by atoms with E-state index < -0.39 is 0 Å². The highest BCUT2D eigenvalue weighted by Gasteiger charge is 2.18. The zero-order chi connectivity index (χ0) is 26.9. The summed E-state index contributed by atoms with van der Waals surface area (Å²) in [6.45, 7) is 0. The lowest BCUT2D eigenvalue weighted by Gasteiger charge is -2.09. The Morgan fingerprint density at radius 1 is 0.744 bits per heavy atom. The summed E-state index contributed by atoms with van der Waals surface area (Å²) >= 11 is 4.85. The molecule has 2 aliphatic heterocycles. The van der Waals surface area contributed by atoms with E-state index >= 15 is 0 Å². The molecule has 3 heterocycles. The average Bonchev–Trinajstić information content (AvgIpc) is 3.67. The fourth-order valence-electron chi connectivity index (χ4n) is 4.71. The second kappa shape index (κ2) is 10.5. The number of halogens is 1. The lowest BCUT2D eigenvalue weighted by molar-refractivity contribution is -0.115. The predicted octanol–water partition coefficient (Wildman–Crippen LogP) is 7.26. The van der Waals surface area contributed by atoms with Crippen LogP contribution in [0.3, 0.4) is 0 Å². The molecule has 5 aromatic rings. The van der Waals surface area contributed by atoms with Gasteiger partial charge in [0.2, 0.25) is 11.8 Å². The van der Waals surface area contributed by atoms with Crippen LogP contribution >= 0.6 is 27.3 Å². The highest BCUT2D eigenvalue weighted by Crippen LogP contribution is 2.31. The van der Waals surface area contributed by atoms with Gasteiger partial charge in [-0.2, -0.15) is 11.3 Å². The maximum absolute atomic E-state index is 12.2. The summed E-state index contributed by atoms with van der Waals surface area (Å²) in [4.78, 5) is 34.7. The van der Waals surface area contributed by atoms with Crippen LogP contribution in [0.25, 0.3) is 21.9 Å². The van der Waals surface area contributed by atoms with Crippen LogP contribution in [0.2, 0.25) is 0 Å². The first kappa shape index (κ1) is 25.0. The first-order chi connectivity index (χ1) is 18.9. The van der Waals surface area contributed by atoms with Gasteiger partial charge in [-0.25, -0.2) is 0 Å². The monoisotopic (exact) mass is 595 g/mol. The molecule has 0 saturated heterocycles. The van der Waals surface area contributed by atoms with Gasteiger partial charge in [-0.05, 0) is 93.0 Å². The van der Waals surface area contributed by atoms with E-state index in [0.29, 0.717) is 18.4 Å². The maximum atomic E-state index is 12.2. The molecule has 0 radical (unpaired) electrons. The molecule has 3 amide bonds. The summed E-state index contributed by atoms with van der Waals surface area (Å²) in [5.74, 6) is 0.0271. The van der Waals surface area contributed by atoms with Crippen LogP contribution in [-0.2, 0) is 22.4 Å². The van der Waals surface area contributed by atoms with Crippen molar-refractivity contribution in [3.63, 3.8) is 0 Å². The Morgan fingerprint density at radius 3 is 2.13 bits per heavy atom. The number of thiophene rings is 1. The Labute approximate surface area is 237 Å². The van der Waals surface area contributed by atoms with E-state index in [1.807, 2.05) is 65.4 Å². The fourth-order valence-corrected chi connectivity index (χ4v) is 5.75. The van der Waals surface area contributed by atoms with E-state index in [4.69, 9.17) is 0 Å². The quantitative estimate of drug-likeness (QED) is 0.205. The molecule has 0 spiro atoms. The van der Waals surface area contributed by atoms with Gasteiger partial charge >= 0.3 is 0 Å². The number of anilines is 3. The summed E-state index contributed by atoms with van der Waals surface area (Å²) in [6.07, 6.45) is 0.943. The Kier molecular flexibility index (Phi) is 6.72. The molecule has 0 fully saturated rings. The minimum atomic E-state index is -0.0986. The molecule has 0 bridgehead atoms. The largest absolute Gasteiger partial charge is 0.326 e. The first-order valence-electron chi connectivity index (χ1n) is 12.3. The Hall–Kier alpha value is -4.27. The molecule has 8 heteroatoms. The van der Waals surface area contributed by atoms with Crippen LogP contribution < -0.4 is 16.0 Å². The number of hydrogen-bond donors (Lipinski definition) is 3. The van der Waals surface area contributed by atoms with Crippen molar-refractivity contribution < 1.29 is 14.4 Å². The van der Waals surface area contributed by atoms with Gasteiger partial charge in [0.05, 0.1) is 18.4 Å². The maximum Gasteiger partial charge on any atom is 0.256 e. The van der Waals surface area contributed by atoms with Crippen molar-refractivity contribution in [3.05, 3.63) is 111 Å². The van der Waals surface area contributed by atoms with Crippen molar-refractivity contribution in [2.75, 3.05) is 16.0 Å². The Bertz CT molecular complexity index is 1770. The highest BCUT2D eigenvalue weighted by atomic mass is 79.9. The van der Waals surface area contributed by atoms with Gasteiger partial charge < -0.3 is 16.0 Å². The van der Waals surface area contributed by atoms with Gasteiger partial charge in [-0.3, -0.25) is 14.4 Å². The molecule has 39 heavy (non-hydrogen) atoms. The van der Waals surface area contributed by atoms with Gasteiger partial charge in [0, 0.05) is 26.9 Å². The van der Waals surface area contributed by atoms with Crippen LogP contribution in [-0.4, -0.2) is 17.7 Å². The summed E-state index contributed by atoms with van der Waals surface area (Å²) in [5.41, 5.74) is 7.59. The van der Waals surface area contributed by atoms with Crippen LogP contribution in [0.5, 0.6) is 0 Å². The summed E-state index contributed by atoms with van der Waals surface area (Å²) < 4.78 is 1.02. The average molecular weight is 597 g/mol. The third-order valence-corrected chi connectivity index (χ3v) is 7.81. The van der Waals surface area contributed by atoms with E-state index in [-0.39, 0.29) is 17.7 Å². The number of hydrogen-bond acceptors (Lipinski definition) is 4. The minimum Gasteiger partial charge on any atom is -0.326 e. The highest BCUT2D eigenvalue weighted by molar-refractivity contribution is 9.10. The van der Waals surface area contributed by atoms with Gasteiger partial charge in [-0.1, -0.05) is 40.2 Å². The van der Waals surface area contributed by atoms with Crippen LogP contribution in [0, 0.1) is 0 Å². The molecule has 3 N–H and O–H groups in total. The summed E-state index contributed by atoms with van der Waals surface area (Å²) in [5, 5.41) is 14.5. The van der Waals surface area contributed by atoms with E-state index in [1.165, 1.54) is 11.3 Å². The number of benzene rings is 4. The Balaban J connectivity index is 0.000000210. The van der Waals surface area contributed by atoms with Gasteiger partial charge in [0.15, 0.2) is 0 Å². The molecular formula is C31H22BrN3O3S. The van der Waals surface area contributed by atoms with E-state index in [2.05, 4.69) is 56.1 Å². The fraction of sp³-hybridized carbons (Fsp3) is 0.0645. The van der Waals surface area contributed by atoms with Gasteiger partial charge in [0.25, 0.3) is 5.91 Å². The molecule has 7 rings (SSSR count). The van der Waals surface area contributed by atoms with Crippen LogP contribution in [0.15, 0.2) is 94.1 Å². The van der Waals surface area contributed by atoms with E-state index in [1.54, 1.807) is 0 Å². The molecule has 1 aromatic heterocycles. The van der Waals surface area contributed by atoms with Gasteiger partial charge in [0.1, 0.15) is 0 Å². The van der Waals surface area contributed by atoms with Crippen molar-refractivity contribution in [3.8, 4) is 11.1 Å². The van der Waals surface area contributed by atoms with E-state index in [9.17, 15) is 14.4 Å². The first-order valence-corrected chi connectivity index (χ1v) is 14.0. The molecule has 0 aliphatic carbocycles. The number of fused-ring (bicyclic) bond motifs is 3. The zero-order valence-corrected chi connectivity index (χ0v) is 23.0. The number of carbonyl (C=O) groups is 3. The predicted molar refractivity (Wildman–Crippen MR) is 160 cm³/mol. The SMILES string of the molecule is O=C1Cc2cc(-c3ccc4cc(NC(=O)c5ccsc5)ccc4c3)ccc2N1.O=C1Cc2cc(Br)ccc2N1. The Morgan fingerprint density at radius 2 is 1.38 bits per heavy atom. The summed E-state index contributed by atoms with van der Waals surface area (Å²) in [6, 6.07) is 25.8. The number of amides is 3. The third kappa shape index (κ3) is 5.48. The second-order valence-electron chi connectivity index (χ2n) is 9.37. The molecule has 2 aliphatic rings. The van der Waals surface area contributed by atoms with E-state index in [0.717, 1.165) is 54.6 Å². The number of nitrogens with one attached hydrogen (secondary N) is 3. The van der Waals surface area contributed by atoms with Crippen molar-refractivity contribution in [1.29, 1.82) is 0 Å². The smallest absolute Gasteiger partial charge is 0.256 e. The van der Waals surface area contributed by atoms with Crippen molar-refractivity contribution in [2.45, 2.75) is 12.8 Å². The van der Waals surface area contributed by atoms with Crippen LogP contribution in [0.1, 0.15) is 21.5 Å². The topological polar surface area (TPSA) is 87.3 Å².